The number of hydrogen-bond acceptors (Lipinski definition) is 1. The molecule has 0 saturated carbocycles. The molecule has 1 heterocycles. The van der Waals surface area contributed by atoms with Crippen LogP contribution in [0.15, 0.2) is 23.0 Å². The Labute approximate surface area is 106 Å². The van der Waals surface area contributed by atoms with Crippen LogP contribution >= 0.6 is 11.6 Å². The smallest absolute Gasteiger partial charge is 0.189 e. The average molecular weight is 250 g/mol. The summed E-state index contributed by atoms with van der Waals surface area (Å²) in [4.78, 5) is 15.3. The molecule has 0 aliphatic heterocycles. The van der Waals surface area contributed by atoms with Gasteiger partial charge in [0.1, 0.15) is 0 Å². The number of hydrogen-bond donors (Lipinski definition) is 1. The molecule has 0 radical (unpaired) electrons. The molecule has 0 aliphatic carbocycles. The van der Waals surface area contributed by atoms with Gasteiger partial charge in [-0.25, -0.2) is 0 Å². The Bertz CT molecular complexity index is 613. The molecule has 0 amide bonds. The van der Waals surface area contributed by atoms with E-state index in [1.165, 1.54) is 0 Å². The minimum Gasteiger partial charge on any atom is -0.358 e. The van der Waals surface area contributed by atoms with Gasteiger partial charge < -0.3 is 4.98 Å². The second-order valence-corrected chi connectivity index (χ2v) is 5.31. The van der Waals surface area contributed by atoms with Crippen molar-refractivity contribution in [2.45, 2.75) is 27.2 Å². The molecule has 0 aliphatic rings. The van der Waals surface area contributed by atoms with E-state index in [0.29, 0.717) is 16.3 Å². The molecule has 1 N–H and O–H groups in total. The number of benzene rings is 1. The molecule has 17 heavy (non-hydrogen) atoms. The Hall–Kier alpha value is -1.28. The molecule has 0 bridgehead atoms. The average Bonchev–Trinajstić information content (AvgIpc) is 2.20. The van der Waals surface area contributed by atoms with E-state index in [9.17, 15) is 4.79 Å². The first-order valence-electron chi connectivity index (χ1n) is 5.79. The zero-order valence-corrected chi connectivity index (χ0v) is 11.1. The Kier molecular flexibility index (Phi) is 3.25. The van der Waals surface area contributed by atoms with Gasteiger partial charge in [0.25, 0.3) is 0 Å². The van der Waals surface area contributed by atoms with E-state index in [1.807, 2.05) is 19.1 Å². The minimum absolute atomic E-state index is 0.0640. The maximum absolute atomic E-state index is 12.0. The lowest BCUT2D eigenvalue weighted by atomic mass is 10.1. The highest BCUT2D eigenvalue weighted by atomic mass is 35.5. The van der Waals surface area contributed by atoms with Crippen LogP contribution in [0.2, 0.25) is 5.02 Å². The number of H-pyrrole nitrogens is 1. The lowest BCUT2D eigenvalue weighted by Crippen LogP contribution is -2.07. The first-order chi connectivity index (χ1) is 7.97. The van der Waals surface area contributed by atoms with Crippen molar-refractivity contribution in [2.24, 2.45) is 5.92 Å². The molecule has 0 fully saturated rings. The zero-order chi connectivity index (χ0) is 12.6. The molecular formula is C14H16ClNO. The Morgan fingerprint density at radius 2 is 2.00 bits per heavy atom. The molecule has 0 saturated heterocycles. The summed E-state index contributed by atoms with van der Waals surface area (Å²) in [5.41, 5.74) is 2.79. The summed E-state index contributed by atoms with van der Waals surface area (Å²) in [7, 11) is 0. The predicted molar refractivity (Wildman–Crippen MR) is 72.9 cm³/mol. The molecule has 1 aromatic carbocycles. The molecule has 0 unspecified atom stereocenters. The number of pyridine rings is 1. The van der Waals surface area contributed by atoms with Crippen LogP contribution in [0, 0.1) is 12.8 Å². The number of aromatic nitrogens is 1. The van der Waals surface area contributed by atoms with Crippen molar-refractivity contribution in [1.29, 1.82) is 0 Å². The van der Waals surface area contributed by atoms with Crippen molar-refractivity contribution >= 4 is 22.5 Å². The van der Waals surface area contributed by atoms with Gasteiger partial charge in [-0.05, 0) is 37.0 Å². The second-order valence-electron chi connectivity index (χ2n) is 4.90. The van der Waals surface area contributed by atoms with E-state index >= 15 is 0 Å². The summed E-state index contributed by atoms with van der Waals surface area (Å²) in [6, 6.07) is 5.36. The van der Waals surface area contributed by atoms with Gasteiger partial charge in [0, 0.05) is 22.2 Å². The van der Waals surface area contributed by atoms with Gasteiger partial charge >= 0.3 is 0 Å². The van der Waals surface area contributed by atoms with Crippen LogP contribution < -0.4 is 5.43 Å². The maximum atomic E-state index is 12.0. The largest absolute Gasteiger partial charge is 0.358 e. The van der Waals surface area contributed by atoms with Crippen molar-refractivity contribution in [1.82, 2.24) is 4.98 Å². The van der Waals surface area contributed by atoms with E-state index in [0.717, 1.165) is 23.2 Å². The summed E-state index contributed by atoms with van der Waals surface area (Å²) < 4.78 is 0. The molecule has 2 nitrogen and oxygen atoms in total. The number of nitrogens with one attached hydrogen (secondary N) is 1. The van der Waals surface area contributed by atoms with Crippen molar-refractivity contribution in [3.63, 3.8) is 0 Å². The number of halogens is 1. The first kappa shape index (κ1) is 12.2. The second kappa shape index (κ2) is 4.53. The fourth-order valence-corrected chi connectivity index (χ4v) is 2.15. The number of aromatic amines is 1. The zero-order valence-electron chi connectivity index (χ0n) is 10.3. The van der Waals surface area contributed by atoms with Gasteiger partial charge in [-0.2, -0.15) is 0 Å². The normalized spacial score (nSPS) is 11.4. The highest BCUT2D eigenvalue weighted by Crippen LogP contribution is 2.20. The van der Waals surface area contributed by atoms with E-state index in [2.05, 4.69) is 18.8 Å². The van der Waals surface area contributed by atoms with Gasteiger partial charge in [-0.1, -0.05) is 25.4 Å². The molecule has 1 aromatic heterocycles. The van der Waals surface area contributed by atoms with Crippen LogP contribution in [0.5, 0.6) is 0 Å². The fraction of sp³-hybridized carbons (Fsp3) is 0.357. The van der Waals surface area contributed by atoms with E-state index in [1.54, 1.807) is 6.07 Å². The first-order valence-corrected chi connectivity index (χ1v) is 6.17. The highest BCUT2D eigenvalue weighted by Gasteiger charge is 2.06. The Balaban J connectivity index is 2.65. The van der Waals surface area contributed by atoms with Crippen LogP contribution in [0.25, 0.3) is 10.9 Å². The fourth-order valence-electron chi connectivity index (χ4n) is 1.98. The van der Waals surface area contributed by atoms with Gasteiger partial charge in [0.05, 0.1) is 5.52 Å². The molecule has 3 heteroatoms. The monoisotopic (exact) mass is 249 g/mol. The topological polar surface area (TPSA) is 32.9 Å². The number of fused-ring (bicyclic) bond motifs is 1. The van der Waals surface area contributed by atoms with Crippen LogP contribution in [0.1, 0.15) is 25.1 Å². The summed E-state index contributed by atoms with van der Waals surface area (Å²) >= 11 is 6.08. The Morgan fingerprint density at radius 1 is 1.29 bits per heavy atom. The quantitative estimate of drug-likeness (QED) is 0.865. The van der Waals surface area contributed by atoms with Gasteiger partial charge in [0.2, 0.25) is 0 Å². The number of aryl methyl sites for hydroxylation is 1. The Morgan fingerprint density at radius 3 is 2.65 bits per heavy atom. The summed E-state index contributed by atoms with van der Waals surface area (Å²) in [5.74, 6) is 0.518. The van der Waals surface area contributed by atoms with Crippen molar-refractivity contribution in [3.05, 3.63) is 44.7 Å². The third kappa shape index (κ3) is 2.52. The minimum atomic E-state index is 0.0640. The SMILES string of the molecule is Cc1cc2c(=O)cc(CC(C)C)[nH]c2cc1Cl. The van der Waals surface area contributed by atoms with Crippen LogP contribution in [0.3, 0.4) is 0 Å². The van der Waals surface area contributed by atoms with Crippen molar-refractivity contribution in [2.75, 3.05) is 0 Å². The lowest BCUT2D eigenvalue weighted by Gasteiger charge is -2.08. The van der Waals surface area contributed by atoms with Gasteiger partial charge in [-0.3, -0.25) is 4.79 Å². The van der Waals surface area contributed by atoms with Crippen molar-refractivity contribution < 1.29 is 0 Å². The molecule has 2 aromatic rings. The van der Waals surface area contributed by atoms with Crippen LogP contribution in [0.4, 0.5) is 0 Å². The summed E-state index contributed by atoms with van der Waals surface area (Å²) in [6.45, 7) is 6.17. The third-order valence-corrected chi connectivity index (χ3v) is 3.20. The highest BCUT2D eigenvalue weighted by molar-refractivity contribution is 6.32. The van der Waals surface area contributed by atoms with Gasteiger partial charge in [0.15, 0.2) is 5.43 Å². The molecule has 0 atom stereocenters. The molecule has 2 rings (SSSR count). The van der Waals surface area contributed by atoms with E-state index in [4.69, 9.17) is 11.6 Å². The summed E-state index contributed by atoms with van der Waals surface area (Å²) in [5, 5.41) is 1.40. The predicted octanol–water partition coefficient (Wildman–Crippen LogP) is 3.69. The lowest BCUT2D eigenvalue weighted by molar-refractivity contribution is 0.636. The maximum Gasteiger partial charge on any atom is 0.189 e. The van der Waals surface area contributed by atoms with E-state index in [-0.39, 0.29) is 5.43 Å². The third-order valence-electron chi connectivity index (χ3n) is 2.79. The number of rotatable bonds is 2. The van der Waals surface area contributed by atoms with Crippen LogP contribution in [-0.4, -0.2) is 4.98 Å². The standard InChI is InChI=1S/C14H16ClNO/c1-8(2)4-10-6-14(17)11-5-9(3)12(15)7-13(11)16-10/h5-8H,4H2,1-3H3,(H,16,17). The molecular weight excluding hydrogens is 234 g/mol. The van der Waals surface area contributed by atoms with Crippen molar-refractivity contribution in [3.8, 4) is 0 Å². The van der Waals surface area contributed by atoms with E-state index < -0.39 is 0 Å². The molecule has 90 valence electrons. The molecule has 0 spiro atoms. The van der Waals surface area contributed by atoms with Crippen LogP contribution in [-0.2, 0) is 6.42 Å². The summed E-state index contributed by atoms with van der Waals surface area (Å²) in [6.07, 6.45) is 0.872. The van der Waals surface area contributed by atoms with Gasteiger partial charge in [-0.15, -0.1) is 0 Å².